The zero-order chi connectivity index (χ0) is 20.5. The second-order valence-electron chi connectivity index (χ2n) is 7.95. The lowest BCUT2D eigenvalue weighted by Crippen LogP contribution is -2.35. The number of nitrogens with one attached hydrogen (secondary N) is 1. The Morgan fingerprint density at radius 1 is 1.17 bits per heavy atom. The zero-order valence-electron chi connectivity index (χ0n) is 16.9. The number of carbonyl (C=O) groups is 1. The van der Waals surface area contributed by atoms with Crippen molar-refractivity contribution in [1.82, 2.24) is 14.3 Å². The van der Waals surface area contributed by atoms with Gasteiger partial charge < -0.3 is 10.1 Å². The number of carbonyl (C=O) groups excluding carboxylic acids is 1. The molecule has 0 aliphatic carbocycles. The highest BCUT2D eigenvalue weighted by Crippen LogP contribution is 2.33. The number of likely N-dealkylation sites (tertiary alicyclic amines) is 1. The maximum Gasteiger partial charge on any atom is 0.265 e. The number of aromatic nitrogens is 2. The lowest BCUT2D eigenvalue weighted by atomic mass is 9.97. The van der Waals surface area contributed by atoms with Gasteiger partial charge in [-0.2, -0.15) is 4.37 Å². The predicted molar refractivity (Wildman–Crippen MR) is 118 cm³/mol. The van der Waals surface area contributed by atoms with Gasteiger partial charge in [0.2, 0.25) is 0 Å². The summed E-state index contributed by atoms with van der Waals surface area (Å²) in [6, 6.07) is 16.2. The Morgan fingerprint density at radius 2 is 1.97 bits per heavy atom. The third-order valence-corrected chi connectivity index (χ3v) is 6.67. The van der Waals surface area contributed by atoms with Crippen LogP contribution in [0.3, 0.4) is 0 Å². The number of hydrogen-bond acceptors (Lipinski definition) is 6. The van der Waals surface area contributed by atoms with Crippen molar-refractivity contribution >= 4 is 23.1 Å². The largest absolute Gasteiger partial charge is 0.479 e. The van der Waals surface area contributed by atoms with Crippen LogP contribution in [0.4, 0.5) is 5.69 Å². The Kier molecular flexibility index (Phi) is 5.23. The van der Waals surface area contributed by atoms with Crippen molar-refractivity contribution in [2.75, 3.05) is 18.4 Å². The van der Waals surface area contributed by atoms with Crippen LogP contribution in [0.25, 0.3) is 11.4 Å². The van der Waals surface area contributed by atoms with Crippen molar-refractivity contribution in [1.29, 1.82) is 0 Å². The molecule has 2 aromatic carbocycles. The molecule has 30 heavy (non-hydrogen) atoms. The Balaban J connectivity index is 1.20. The number of piperidine rings is 1. The molecule has 6 nitrogen and oxygen atoms in total. The fourth-order valence-electron chi connectivity index (χ4n) is 4.06. The third-order valence-electron chi connectivity index (χ3n) is 5.79. The molecule has 5 rings (SSSR count). The second kappa shape index (κ2) is 8.16. The number of rotatable bonds is 4. The van der Waals surface area contributed by atoms with Gasteiger partial charge in [-0.1, -0.05) is 36.4 Å². The lowest BCUT2D eigenvalue weighted by molar-refractivity contribution is -0.122. The minimum atomic E-state index is -0.440. The van der Waals surface area contributed by atoms with E-state index in [-0.39, 0.29) is 5.91 Å². The molecule has 1 N–H and O–H groups in total. The quantitative estimate of drug-likeness (QED) is 0.681. The van der Waals surface area contributed by atoms with Gasteiger partial charge in [-0.15, -0.1) is 0 Å². The predicted octanol–water partition coefficient (Wildman–Crippen LogP) is 4.30. The van der Waals surface area contributed by atoms with Gasteiger partial charge in [0.15, 0.2) is 11.9 Å². The number of anilines is 1. The van der Waals surface area contributed by atoms with Gasteiger partial charge >= 0.3 is 0 Å². The Morgan fingerprint density at radius 3 is 2.77 bits per heavy atom. The molecule has 3 heterocycles. The normalized spacial score (nSPS) is 19.8. The number of hydrogen-bond donors (Lipinski definition) is 1. The lowest BCUT2D eigenvalue weighted by Gasteiger charge is -2.31. The standard InChI is InChI=1S/C23H24N4O2S/c1-15-22(28)24-19-13-16(7-8-20(19)29-15)14-27-11-9-18(10-12-27)23-25-21(26-30-23)17-5-3-2-4-6-17/h2-8,13,15,18H,9-12,14H2,1H3,(H,24,28). The van der Waals surface area contributed by atoms with Crippen molar-refractivity contribution in [3.63, 3.8) is 0 Å². The van der Waals surface area contributed by atoms with Gasteiger partial charge in [0, 0.05) is 18.0 Å². The van der Waals surface area contributed by atoms with E-state index in [4.69, 9.17) is 9.72 Å². The van der Waals surface area contributed by atoms with E-state index in [0.717, 1.165) is 60.3 Å². The molecule has 154 valence electrons. The molecule has 3 aromatic rings. The van der Waals surface area contributed by atoms with Crippen molar-refractivity contribution in [3.8, 4) is 17.1 Å². The van der Waals surface area contributed by atoms with E-state index in [1.54, 1.807) is 6.92 Å². The van der Waals surface area contributed by atoms with E-state index in [0.29, 0.717) is 5.92 Å². The van der Waals surface area contributed by atoms with Crippen LogP contribution in [0.1, 0.15) is 36.3 Å². The number of benzene rings is 2. The molecular weight excluding hydrogens is 396 g/mol. The van der Waals surface area contributed by atoms with Crippen LogP contribution in [0.2, 0.25) is 0 Å². The molecular formula is C23H24N4O2S. The first-order valence-electron chi connectivity index (χ1n) is 10.4. The van der Waals surface area contributed by atoms with Crippen LogP contribution in [0.15, 0.2) is 48.5 Å². The Bertz CT molecular complexity index is 1040. The highest BCUT2D eigenvalue weighted by atomic mass is 32.1. The van der Waals surface area contributed by atoms with E-state index < -0.39 is 6.10 Å². The summed E-state index contributed by atoms with van der Waals surface area (Å²) in [4.78, 5) is 19.1. The smallest absolute Gasteiger partial charge is 0.265 e. The molecule has 1 saturated heterocycles. The van der Waals surface area contributed by atoms with E-state index in [2.05, 4.69) is 32.8 Å². The molecule has 0 saturated carbocycles. The number of nitrogens with zero attached hydrogens (tertiary/aromatic N) is 3. The monoisotopic (exact) mass is 420 g/mol. The average Bonchev–Trinajstić information content (AvgIpc) is 3.26. The third kappa shape index (κ3) is 3.95. The van der Waals surface area contributed by atoms with E-state index >= 15 is 0 Å². The SMILES string of the molecule is CC1Oc2ccc(CN3CCC(c4nc(-c5ccccc5)ns4)CC3)cc2NC1=O. The Hall–Kier alpha value is -2.77. The number of amides is 1. The van der Waals surface area contributed by atoms with Gasteiger partial charge in [-0.25, -0.2) is 4.98 Å². The van der Waals surface area contributed by atoms with Gasteiger partial charge in [0.1, 0.15) is 10.8 Å². The van der Waals surface area contributed by atoms with Crippen LogP contribution < -0.4 is 10.1 Å². The first-order valence-corrected chi connectivity index (χ1v) is 11.1. The summed E-state index contributed by atoms with van der Waals surface area (Å²) in [6.45, 7) is 4.69. The molecule has 1 amide bonds. The van der Waals surface area contributed by atoms with E-state index in [1.165, 1.54) is 17.1 Å². The molecule has 0 radical (unpaired) electrons. The number of fused-ring (bicyclic) bond motifs is 1. The topological polar surface area (TPSA) is 67.3 Å². The molecule has 2 aliphatic rings. The second-order valence-corrected chi connectivity index (χ2v) is 8.74. The van der Waals surface area contributed by atoms with Gasteiger partial charge in [-0.3, -0.25) is 9.69 Å². The average molecular weight is 421 g/mol. The maximum atomic E-state index is 11.9. The van der Waals surface area contributed by atoms with Crippen molar-refractivity contribution in [2.24, 2.45) is 0 Å². The molecule has 1 fully saturated rings. The minimum Gasteiger partial charge on any atom is -0.479 e. The van der Waals surface area contributed by atoms with Crippen LogP contribution >= 0.6 is 11.5 Å². The van der Waals surface area contributed by atoms with Crippen molar-refractivity contribution in [2.45, 2.75) is 38.3 Å². The minimum absolute atomic E-state index is 0.0904. The molecule has 1 unspecified atom stereocenters. The van der Waals surface area contributed by atoms with Gasteiger partial charge in [-0.05, 0) is 62.1 Å². The Labute approximate surface area is 180 Å². The van der Waals surface area contributed by atoms with Crippen LogP contribution in [-0.2, 0) is 11.3 Å². The highest BCUT2D eigenvalue weighted by Gasteiger charge is 2.26. The van der Waals surface area contributed by atoms with Crippen LogP contribution in [0, 0.1) is 0 Å². The fourth-order valence-corrected chi connectivity index (χ4v) is 4.89. The summed E-state index contributed by atoms with van der Waals surface area (Å²) in [6.07, 6.45) is 1.74. The van der Waals surface area contributed by atoms with Crippen LogP contribution in [-0.4, -0.2) is 39.4 Å². The summed E-state index contributed by atoms with van der Waals surface area (Å²) in [5, 5.41) is 4.08. The van der Waals surface area contributed by atoms with Crippen molar-refractivity contribution in [3.05, 3.63) is 59.1 Å². The summed E-state index contributed by atoms with van der Waals surface area (Å²) >= 11 is 1.54. The summed E-state index contributed by atoms with van der Waals surface area (Å²) in [5.74, 6) is 1.97. The molecule has 1 atom stereocenters. The maximum absolute atomic E-state index is 11.9. The molecule has 1 aromatic heterocycles. The summed E-state index contributed by atoms with van der Waals surface area (Å²) in [5.41, 5.74) is 3.04. The number of ether oxygens (including phenoxy) is 1. The van der Waals surface area contributed by atoms with E-state index in [1.807, 2.05) is 30.3 Å². The highest BCUT2D eigenvalue weighted by molar-refractivity contribution is 7.05. The summed E-state index contributed by atoms with van der Waals surface area (Å²) < 4.78 is 10.2. The first-order chi connectivity index (χ1) is 14.7. The van der Waals surface area contributed by atoms with Gasteiger partial charge in [0.25, 0.3) is 5.91 Å². The fraction of sp³-hybridized carbons (Fsp3) is 0.348. The van der Waals surface area contributed by atoms with Crippen LogP contribution in [0.5, 0.6) is 5.75 Å². The first kappa shape index (κ1) is 19.2. The van der Waals surface area contributed by atoms with Crippen molar-refractivity contribution < 1.29 is 9.53 Å². The molecule has 2 aliphatic heterocycles. The molecule has 0 spiro atoms. The van der Waals surface area contributed by atoms with Gasteiger partial charge in [0.05, 0.1) is 5.69 Å². The molecule has 7 heteroatoms. The van der Waals surface area contributed by atoms with E-state index in [9.17, 15) is 4.79 Å². The molecule has 0 bridgehead atoms. The zero-order valence-corrected chi connectivity index (χ0v) is 17.7. The summed E-state index contributed by atoms with van der Waals surface area (Å²) in [7, 11) is 0.